The lowest BCUT2D eigenvalue weighted by atomic mass is 10.00. The molecule has 6 nitrogen and oxygen atoms in total. The zero-order valence-electron chi connectivity index (χ0n) is 12.4. The Morgan fingerprint density at radius 1 is 1.45 bits per heavy atom. The predicted octanol–water partition coefficient (Wildman–Crippen LogP) is 2.37. The molecule has 3 N–H and O–H groups in total. The molecule has 20 heavy (non-hydrogen) atoms. The van der Waals surface area contributed by atoms with E-state index in [1.165, 1.54) is 18.3 Å². The summed E-state index contributed by atoms with van der Waals surface area (Å²) in [5.74, 6) is -1.05. The van der Waals surface area contributed by atoms with Gasteiger partial charge in [-0.2, -0.15) is 0 Å². The molecule has 2 unspecified atom stereocenters. The van der Waals surface area contributed by atoms with Gasteiger partial charge in [0.25, 0.3) is 0 Å². The monoisotopic (exact) mass is 299 g/mol. The van der Waals surface area contributed by atoms with E-state index in [0.717, 1.165) is 15.6 Å². The maximum absolute atomic E-state index is 11.9. The summed E-state index contributed by atoms with van der Waals surface area (Å²) in [5.41, 5.74) is -0.376. The third kappa shape index (κ3) is 3.69. The van der Waals surface area contributed by atoms with Crippen LogP contribution in [-0.2, 0) is 4.79 Å². The van der Waals surface area contributed by atoms with Gasteiger partial charge in [-0.1, -0.05) is 6.92 Å². The maximum atomic E-state index is 11.9. The Morgan fingerprint density at radius 3 is 2.45 bits per heavy atom. The fourth-order valence-electron chi connectivity index (χ4n) is 1.79. The van der Waals surface area contributed by atoms with Gasteiger partial charge in [-0.05, 0) is 34.1 Å². The first kappa shape index (κ1) is 16.4. The molecule has 7 heteroatoms. The van der Waals surface area contributed by atoms with Gasteiger partial charge in [0.05, 0.1) is 16.7 Å². The summed E-state index contributed by atoms with van der Waals surface area (Å²) >= 11 is 1.52. The van der Waals surface area contributed by atoms with E-state index >= 15 is 0 Å². The van der Waals surface area contributed by atoms with Crippen molar-refractivity contribution in [1.82, 2.24) is 15.6 Å². The van der Waals surface area contributed by atoms with Gasteiger partial charge in [0, 0.05) is 4.88 Å². The minimum atomic E-state index is -1.26. The lowest BCUT2D eigenvalue weighted by Crippen LogP contribution is -2.55. The van der Waals surface area contributed by atoms with Crippen LogP contribution in [0.5, 0.6) is 0 Å². The van der Waals surface area contributed by atoms with Gasteiger partial charge in [-0.25, -0.2) is 14.6 Å². The van der Waals surface area contributed by atoms with Crippen molar-refractivity contribution in [3.05, 3.63) is 15.6 Å². The van der Waals surface area contributed by atoms with E-state index in [1.54, 1.807) is 6.92 Å². The number of carbonyl (C=O) groups excluding carboxylic acids is 1. The second kappa shape index (κ2) is 6.21. The summed E-state index contributed by atoms with van der Waals surface area (Å²) in [6.45, 7) is 8.86. The predicted molar refractivity (Wildman–Crippen MR) is 78.0 cm³/mol. The molecule has 2 amide bonds. The second-order valence-corrected chi connectivity index (χ2v) is 6.23. The lowest BCUT2D eigenvalue weighted by Gasteiger charge is -2.25. The van der Waals surface area contributed by atoms with E-state index in [1.807, 2.05) is 20.8 Å². The summed E-state index contributed by atoms with van der Waals surface area (Å²) in [7, 11) is 0. The lowest BCUT2D eigenvalue weighted by molar-refractivity contribution is -0.143. The largest absolute Gasteiger partial charge is 0.480 e. The maximum Gasteiger partial charge on any atom is 0.329 e. The zero-order valence-corrected chi connectivity index (χ0v) is 13.2. The van der Waals surface area contributed by atoms with Crippen molar-refractivity contribution in [2.75, 3.05) is 0 Å². The first-order valence-corrected chi connectivity index (χ1v) is 7.27. The Bertz CT molecular complexity index is 515. The van der Waals surface area contributed by atoms with Crippen LogP contribution in [0.2, 0.25) is 0 Å². The number of nitrogens with one attached hydrogen (secondary N) is 2. The molecule has 0 spiro atoms. The van der Waals surface area contributed by atoms with E-state index in [0.29, 0.717) is 6.42 Å². The summed E-state index contributed by atoms with van der Waals surface area (Å²) < 4.78 is 0. The summed E-state index contributed by atoms with van der Waals surface area (Å²) in [6, 6.07) is -0.703. The van der Waals surface area contributed by atoms with E-state index in [9.17, 15) is 9.59 Å². The molecule has 0 saturated heterocycles. The molecule has 0 aliphatic heterocycles. The molecule has 0 fully saturated rings. The zero-order chi connectivity index (χ0) is 15.5. The number of aromatic nitrogens is 1. The highest BCUT2D eigenvalue weighted by atomic mass is 32.1. The van der Waals surface area contributed by atoms with Gasteiger partial charge in [-0.15, -0.1) is 11.3 Å². The summed E-state index contributed by atoms with van der Waals surface area (Å²) in [4.78, 5) is 28.4. The second-order valence-electron chi connectivity index (χ2n) is 4.99. The molecule has 0 bridgehead atoms. The molecule has 0 aromatic carbocycles. The molecule has 1 aromatic rings. The standard InChI is InChI=1S/C13H21N3O3S/c1-6-13(5,11(17)18)16-12(19)15-8(3)10-7(2)14-9(4)20-10/h8H,6H2,1-5H3,(H,17,18)(H2,15,16,19). The molecule has 1 aromatic heterocycles. The van der Waals surface area contributed by atoms with E-state index in [-0.39, 0.29) is 6.04 Å². The summed E-state index contributed by atoms with van der Waals surface area (Å²) in [5, 5.41) is 15.3. The fraction of sp³-hybridized carbons (Fsp3) is 0.615. The average molecular weight is 299 g/mol. The average Bonchev–Trinajstić information content (AvgIpc) is 2.67. The topological polar surface area (TPSA) is 91.3 Å². The van der Waals surface area contributed by atoms with Crippen molar-refractivity contribution in [3.63, 3.8) is 0 Å². The highest BCUT2D eigenvalue weighted by Crippen LogP contribution is 2.24. The molecule has 0 aliphatic carbocycles. The Hall–Kier alpha value is -1.63. The summed E-state index contributed by atoms with van der Waals surface area (Å²) in [6.07, 6.45) is 0.308. The van der Waals surface area contributed by atoms with E-state index in [2.05, 4.69) is 15.6 Å². The van der Waals surface area contributed by atoms with Gasteiger partial charge in [0.1, 0.15) is 5.54 Å². The van der Waals surface area contributed by atoms with Crippen molar-refractivity contribution >= 4 is 23.3 Å². The molecule has 0 aliphatic rings. The first-order valence-electron chi connectivity index (χ1n) is 6.45. The normalized spacial score (nSPS) is 15.2. The smallest absolute Gasteiger partial charge is 0.329 e. The molecule has 2 atom stereocenters. The Kier molecular flexibility index (Phi) is 5.10. The quantitative estimate of drug-likeness (QED) is 0.778. The number of rotatable bonds is 5. The van der Waals surface area contributed by atoms with Crippen LogP contribution in [0.3, 0.4) is 0 Å². The Labute approximate surface area is 122 Å². The molecule has 1 heterocycles. The van der Waals surface area contributed by atoms with Crippen LogP contribution >= 0.6 is 11.3 Å². The number of carboxylic acid groups (broad SMARTS) is 1. The van der Waals surface area contributed by atoms with Crippen molar-refractivity contribution in [2.24, 2.45) is 0 Å². The molecule has 0 saturated carbocycles. The molecule has 112 valence electrons. The highest BCUT2D eigenvalue weighted by Gasteiger charge is 2.33. The van der Waals surface area contributed by atoms with Crippen molar-refractivity contribution in [2.45, 2.75) is 52.6 Å². The fourth-order valence-corrected chi connectivity index (χ4v) is 2.72. The van der Waals surface area contributed by atoms with E-state index < -0.39 is 17.5 Å². The number of hydrogen-bond donors (Lipinski definition) is 3. The molecule has 1 rings (SSSR count). The van der Waals surface area contributed by atoms with Crippen molar-refractivity contribution < 1.29 is 14.7 Å². The minimum Gasteiger partial charge on any atom is -0.480 e. The minimum absolute atomic E-state index is 0.212. The number of nitrogens with zero attached hydrogens (tertiary/aromatic N) is 1. The number of urea groups is 1. The van der Waals surface area contributed by atoms with Crippen molar-refractivity contribution in [3.8, 4) is 0 Å². The van der Waals surface area contributed by atoms with Gasteiger partial charge < -0.3 is 15.7 Å². The number of aliphatic carboxylic acids is 1. The van der Waals surface area contributed by atoms with Gasteiger partial charge >= 0.3 is 12.0 Å². The van der Waals surface area contributed by atoms with Gasteiger partial charge in [-0.3, -0.25) is 0 Å². The van der Waals surface area contributed by atoms with Crippen LogP contribution in [0.15, 0.2) is 0 Å². The van der Waals surface area contributed by atoms with Crippen LogP contribution in [0.4, 0.5) is 4.79 Å². The first-order chi connectivity index (χ1) is 9.19. The number of thiazole rings is 1. The Morgan fingerprint density at radius 2 is 2.05 bits per heavy atom. The third-order valence-corrected chi connectivity index (χ3v) is 4.50. The number of aryl methyl sites for hydroxylation is 2. The Balaban J connectivity index is 2.71. The third-order valence-electron chi connectivity index (χ3n) is 3.25. The van der Waals surface area contributed by atoms with E-state index in [4.69, 9.17) is 5.11 Å². The van der Waals surface area contributed by atoms with Crippen LogP contribution in [0, 0.1) is 13.8 Å². The molecular formula is C13H21N3O3S. The van der Waals surface area contributed by atoms with Crippen LogP contribution in [0.1, 0.15) is 48.8 Å². The van der Waals surface area contributed by atoms with Crippen molar-refractivity contribution in [1.29, 1.82) is 0 Å². The van der Waals surface area contributed by atoms with Gasteiger partial charge in [0.2, 0.25) is 0 Å². The highest BCUT2D eigenvalue weighted by molar-refractivity contribution is 7.11. The van der Waals surface area contributed by atoms with Crippen LogP contribution in [-0.4, -0.2) is 27.6 Å². The number of hydrogen-bond acceptors (Lipinski definition) is 4. The van der Waals surface area contributed by atoms with Gasteiger partial charge in [0.15, 0.2) is 0 Å². The SMILES string of the molecule is CCC(C)(NC(=O)NC(C)c1sc(C)nc1C)C(=O)O. The number of carboxylic acids is 1. The molecular weight excluding hydrogens is 278 g/mol. The number of amides is 2. The number of carbonyl (C=O) groups is 2. The van der Waals surface area contributed by atoms with Crippen LogP contribution < -0.4 is 10.6 Å². The molecule has 0 radical (unpaired) electrons. The van der Waals surface area contributed by atoms with Crippen LogP contribution in [0.25, 0.3) is 0 Å².